The molecule has 0 aliphatic rings. The first-order valence-electron chi connectivity index (χ1n) is 3.77. The Kier molecular flexibility index (Phi) is 3.01. The molecule has 0 amide bonds. The highest BCUT2D eigenvalue weighted by Crippen LogP contribution is 2.18. The third kappa shape index (κ3) is 2.26. The van der Waals surface area contributed by atoms with Crippen LogP contribution in [0.25, 0.3) is 0 Å². The Morgan fingerprint density at radius 3 is 2.69 bits per heavy atom. The van der Waals surface area contributed by atoms with Gasteiger partial charge in [0, 0.05) is 5.56 Å². The Morgan fingerprint density at radius 2 is 2.23 bits per heavy atom. The zero-order valence-corrected chi connectivity index (χ0v) is 7.81. The minimum atomic E-state index is -0.622. The van der Waals surface area contributed by atoms with Gasteiger partial charge in [0.15, 0.2) is 5.78 Å². The van der Waals surface area contributed by atoms with Gasteiger partial charge >= 0.3 is 0 Å². The van der Waals surface area contributed by atoms with Crippen molar-refractivity contribution in [2.45, 2.75) is 13.0 Å². The minimum Gasteiger partial charge on any atom is -0.321 e. The standard InChI is InChI=1S/C9H9ClFNO/c1-5(12)9(13)7-3-2-6(11)4-8(7)10/h2-5H,12H2,1H3. The monoisotopic (exact) mass is 201 g/mol. The molecule has 0 saturated carbocycles. The van der Waals surface area contributed by atoms with Crippen LogP contribution >= 0.6 is 11.6 Å². The molecule has 0 spiro atoms. The third-order valence-electron chi connectivity index (χ3n) is 1.61. The van der Waals surface area contributed by atoms with Gasteiger partial charge in [-0.1, -0.05) is 11.6 Å². The molecule has 1 unspecified atom stereocenters. The van der Waals surface area contributed by atoms with Crippen LogP contribution in [0.1, 0.15) is 17.3 Å². The fourth-order valence-corrected chi connectivity index (χ4v) is 1.19. The lowest BCUT2D eigenvalue weighted by atomic mass is 10.1. The van der Waals surface area contributed by atoms with E-state index in [9.17, 15) is 9.18 Å². The second-order valence-electron chi connectivity index (χ2n) is 2.78. The molecule has 0 heterocycles. The maximum atomic E-state index is 12.6. The van der Waals surface area contributed by atoms with Crippen molar-refractivity contribution in [3.8, 4) is 0 Å². The normalized spacial score (nSPS) is 12.6. The van der Waals surface area contributed by atoms with E-state index < -0.39 is 11.9 Å². The fraction of sp³-hybridized carbons (Fsp3) is 0.222. The summed E-state index contributed by atoms with van der Waals surface area (Å²) in [5, 5.41) is 0.0994. The molecule has 2 N–H and O–H groups in total. The molecule has 13 heavy (non-hydrogen) atoms. The summed E-state index contributed by atoms with van der Waals surface area (Å²) in [6, 6.07) is 2.99. The van der Waals surface area contributed by atoms with Crippen molar-refractivity contribution in [1.29, 1.82) is 0 Å². The Balaban J connectivity index is 3.09. The zero-order chi connectivity index (χ0) is 10.0. The SMILES string of the molecule is CC(N)C(=O)c1ccc(F)cc1Cl. The maximum Gasteiger partial charge on any atom is 0.180 e. The van der Waals surface area contributed by atoms with Crippen molar-refractivity contribution in [2.75, 3.05) is 0 Å². The third-order valence-corrected chi connectivity index (χ3v) is 1.92. The molecule has 0 aliphatic carbocycles. The second kappa shape index (κ2) is 3.85. The molecule has 0 aromatic heterocycles. The first-order valence-corrected chi connectivity index (χ1v) is 4.15. The quantitative estimate of drug-likeness (QED) is 0.744. The molecule has 0 saturated heterocycles. The number of ketones is 1. The summed E-state index contributed by atoms with van der Waals surface area (Å²) in [5.74, 6) is -0.753. The molecular weight excluding hydrogens is 193 g/mol. The van der Waals surface area contributed by atoms with Gasteiger partial charge in [0.2, 0.25) is 0 Å². The summed E-state index contributed by atoms with van der Waals surface area (Å²) < 4.78 is 12.6. The molecule has 2 nitrogen and oxygen atoms in total. The van der Waals surface area contributed by atoms with Crippen molar-refractivity contribution in [3.63, 3.8) is 0 Å². The molecular formula is C9H9ClFNO. The van der Waals surface area contributed by atoms with Crippen LogP contribution in [-0.4, -0.2) is 11.8 Å². The van der Waals surface area contributed by atoms with Crippen LogP contribution in [0.5, 0.6) is 0 Å². The van der Waals surface area contributed by atoms with Crippen molar-refractivity contribution in [2.24, 2.45) is 5.73 Å². The molecule has 1 aromatic rings. The summed E-state index contributed by atoms with van der Waals surface area (Å²) in [7, 11) is 0. The van der Waals surface area contributed by atoms with E-state index in [1.54, 1.807) is 6.92 Å². The molecule has 0 radical (unpaired) electrons. The van der Waals surface area contributed by atoms with Gasteiger partial charge in [-0.25, -0.2) is 4.39 Å². The van der Waals surface area contributed by atoms with Gasteiger partial charge in [0.1, 0.15) is 5.82 Å². The Hall–Kier alpha value is -0.930. The van der Waals surface area contributed by atoms with Gasteiger partial charge < -0.3 is 5.73 Å². The molecule has 0 aliphatic heterocycles. The van der Waals surface area contributed by atoms with Crippen molar-refractivity contribution < 1.29 is 9.18 Å². The van der Waals surface area contributed by atoms with E-state index in [0.29, 0.717) is 0 Å². The van der Waals surface area contributed by atoms with Crippen molar-refractivity contribution in [3.05, 3.63) is 34.6 Å². The van der Waals surface area contributed by atoms with Gasteiger partial charge in [-0.05, 0) is 25.1 Å². The second-order valence-corrected chi connectivity index (χ2v) is 3.18. The molecule has 0 fully saturated rings. The first kappa shape index (κ1) is 10.2. The Labute approximate surface area is 80.5 Å². The summed E-state index contributed by atoms with van der Waals surface area (Å²) >= 11 is 5.65. The number of rotatable bonds is 2. The number of carbonyl (C=O) groups excluding carboxylic acids is 1. The number of benzene rings is 1. The average Bonchev–Trinajstić information content (AvgIpc) is 2.03. The molecule has 1 rings (SSSR count). The maximum absolute atomic E-state index is 12.6. The van der Waals surface area contributed by atoms with E-state index in [-0.39, 0.29) is 16.4 Å². The molecule has 4 heteroatoms. The smallest absolute Gasteiger partial charge is 0.180 e. The van der Waals surface area contributed by atoms with E-state index in [2.05, 4.69) is 0 Å². The van der Waals surface area contributed by atoms with Gasteiger partial charge in [-0.15, -0.1) is 0 Å². The Morgan fingerprint density at radius 1 is 1.62 bits per heavy atom. The average molecular weight is 202 g/mol. The number of halogens is 2. The number of carbonyl (C=O) groups is 1. The molecule has 1 aromatic carbocycles. The van der Waals surface area contributed by atoms with E-state index in [1.165, 1.54) is 12.1 Å². The largest absolute Gasteiger partial charge is 0.321 e. The molecule has 0 bridgehead atoms. The topological polar surface area (TPSA) is 43.1 Å². The number of Topliss-reactive ketones (excluding diaryl/α,β-unsaturated/α-hetero) is 1. The fourth-order valence-electron chi connectivity index (χ4n) is 0.935. The van der Waals surface area contributed by atoms with Gasteiger partial charge in [-0.2, -0.15) is 0 Å². The highest BCUT2D eigenvalue weighted by molar-refractivity contribution is 6.34. The first-order chi connectivity index (χ1) is 6.02. The van der Waals surface area contributed by atoms with E-state index in [0.717, 1.165) is 6.07 Å². The van der Waals surface area contributed by atoms with Crippen LogP contribution in [0.4, 0.5) is 4.39 Å². The lowest BCUT2D eigenvalue weighted by Crippen LogP contribution is -2.26. The predicted octanol–water partition coefficient (Wildman–Crippen LogP) is 2.01. The summed E-state index contributed by atoms with van der Waals surface area (Å²) in [6.07, 6.45) is 0. The number of hydrogen-bond acceptors (Lipinski definition) is 2. The van der Waals surface area contributed by atoms with Crippen LogP contribution < -0.4 is 5.73 Å². The minimum absolute atomic E-state index is 0.0994. The van der Waals surface area contributed by atoms with Crippen LogP contribution in [0.3, 0.4) is 0 Å². The van der Waals surface area contributed by atoms with E-state index in [1.807, 2.05) is 0 Å². The van der Waals surface area contributed by atoms with E-state index in [4.69, 9.17) is 17.3 Å². The Bertz CT molecular complexity index is 338. The lowest BCUT2D eigenvalue weighted by Gasteiger charge is -2.05. The molecule has 70 valence electrons. The van der Waals surface area contributed by atoms with Crippen LogP contribution in [0.2, 0.25) is 5.02 Å². The summed E-state index contributed by atoms with van der Waals surface area (Å²) in [4.78, 5) is 11.3. The zero-order valence-electron chi connectivity index (χ0n) is 7.05. The van der Waals surface area contributed by atoms with Gasteiger partial charge in [-0.3, -0.25) is 4.79 Å². The predicted molar refractivity (Wildman–Crippen MR) is 49.4 cm³/mol. The summed E-state index contributed by atoms with van der Waals surface area (Å²) in [5.41, 5.74) is 5.64. The van der Waals surface area contributed by atoms with Gasteiger partial charge in [0.25, 0.3) is 0 Å². The highest BCUT2D eigenvalue weighted by atomic mass is 35.5. The van der Waals surface area contributed by atoms with Crippen LogP contribution in [0.15, 0.2) is 18.2 Å². The van der Waals surface area contributed by atoms with Crippen LogP contribution in [-0.2, 0) is 0 Å². The molecule has 1 atom stereocenters. The number of nitrogens with two attached hydrogens (primary N) is 1. The van der Waals surface area contributed by atoms with E-state index >= 15 is 0 Å². The van der Waals surface area contributed by atoms with Crippen molar-refractivity contribution >= 4 is 17.4 Å². The number of hydrogen-bond donors (Lipinski definition) is 1. The highest BCUT2D eigenvalue weighted by Gasteiger charge is 2.14. The van der Waals surface area contributed by atoms with Gasteiger partial charge in [0.05, 0.1) is 11.1 Å². The van der Waals surface area contributed by atoms with Crippen molar-refractivity contribution in [1.82, 2.24) is 0 Å². The lowest BCUT2D eigenvalue weighted by molar-refractivity contribution is 0.0968. The summed E-state index contributed by atoms with van der Waals surface area (Å²) in [6.45, 7) is 1.56. The van der Waals surface area contributed by atoms with Crippen LogP contribution in [0, 0.1) is 5.82 Å².